The number of hydrogen-bond donors (Lipinski definition) is 1. The molecule has 2 aromatic rings. The second-order valence-corrected chi connectivity index (χ2v) is 8.41. The van der Waals surface area contributed by atoms with Crippen LogP contribution in [0.25, 0.3) is 0 Å². The first-order chi connectivity index (χ1) is 16.4. The number of benzene rings is 2. The second-order valence-electron chi connectivity index (χ2n) is 8.41. The Morgan fingerprint density at radius 3 is 2.41 bits per heavy atom. The number of ketones is 1. The molecule has 1 aliphatic heterocycles. The van der Waals surface area contributed by atoms with E-state index < -0.39 is 16.8 Å². The lowest BCUT2D eigenvalue weighted by atomic mass is 9.71. The molecule has 0 saturated carbocycles. The van der Waals surface area contributed by atoms with Crippen molar-refractivity contribution in [1.29, 1.82) is 0 Å². The van der Waals surface area contributed by atoms with Crippen LogP contribution in [-0.2, 0) is 19.1 Å². The summed E-state index contributed by atoms with van der Waals surface area (Å²) in [6, 6.07) is 15.9. The van der Waals surface area contributed by atoms with Gasteiger partial charge < -0.3 is 14.8 Å². The van der Waals surface area contributed by atoms with Crippen LogP contribution < -0.4 is 5.32 Å². The Labute approximate surface area is 197 Å². The first-order valence-corrected chi connectivity index (χ1v) is 11.1. The van der Waals surface area contributed by atoms with Crippen molar-refractivity contribution in [3.63, 3.8) is 0 Å². The predicted octanol–water partition coefficient (Wildman–Crippen LogP) is 4.15. The van der Waals surface area contributed by atoms with Gasteiger partial charge in [-0.15, -0.1) is 0 Å². The van der Waals surface area contributed by atoms with Gasteiger partial charge in [0, 0.05) is 48.5 Å². The van der Waals surface area contributed by atoms with Gasteiger partial charge in [-0.3, -0.25) is 14.9 Å². The van der Waals surface area contributed by atoms with E-state index in [0.29, 0.717) is 35.2 Å². The number of rotatable bonds is 7. The molecule has 0 spiro atoms. The summed E-state index contributed by atoms with van der Waals surface area (Å²) >= 11 is 0. The third-order valence-corrected chi connectivity index (χ3v) is 6.28. The van der Waals surface area contributed by atoms with Gasteiger partial charge >= 0.3 is 5.97 Å². The largest absolute Gasteiger partial charge is 0.460 e. The van der Waals surface area contributed by atoms with Crippen LogP contribution in [0.1, 0.15) is 42.7 Å². The molecule has 8 heteroatoms. The van der Waals surface area contributed by atoms with Gasteiger partial charge in [-0.2, -0.15) is 0 Å². The Morgan fingerprint density at radius 2 is 1.76 bits per heavy atom. The predicted molar refractivity (Wildman–Crippen MR) is 125 cm³/mol. The van der Waals surface area contributed by atoms with Crippen LogP contribution in [0.2, 0.25) is 0 Å². The minimum absolute atomic E-state index is 0.0282. The van der Waals surface area contributed by atoms with Crippen molar-refractivity contribution in [3.8, 4) is 0 Å². The van der Waals surface area contributed by atoms with Gasteiger partial charge in [0.25, 0.3) is 5.69 Å². The fourth-order valence-corrected chi connectivity index (χ4v) is 4.69. The topological polar surface area (TPSA) is 108 Å². The first-order valence-electron chi connectivity index (χ1n) is 11.1. The summed E-state index contributed by atoms with van der Waals surface area (Å²) in [4.78, 5) is 37.3. The molecule has 0 unspecified atom stereocenters. The summed E-state index contributed by atoms with van der Waals surface area (Å²) in [7, 11) is 1.52. The van der Waals surface area contributed by atoms with Crippen molar-refractivity contribution < 1.29 is 24.0 Å². The van der Waals surface area contributed by atoms with Crippen LogP contribution in [0.3, 0.4) is 0 Å². The lowest BCUT2D eigenvalue weighted by Crippen LogP contribution is -2.36. The lowest BCUT2D eigenvalue weighted by Gasteiger charge is -2.36. The number of carbonyl (C=O) groups excluding carboxylic acids is 2. The van der Waals surface area contributed by atoms with E-state index >= 15 is 0 Å². The summed E-state index contributed by atoms with van der Waals surface area (Å²) < 4.78 is 10.4. The number of ether oxygens (including phenoxy) is 2. The van der Waals surface area contributed by atoms with Crippen molar-refractivity contribution in [2.75, 3.05) is 20.3 Å². The normalized spacial score (nSPS) is 20.0. The van der Waals surface area contributed by atoms with E-state index in [1.807, 2.05) is 30.3 Å². The molecule has 1 aliphatic carbocycles. The van der Waals surface area contributed by atoms with Crippen molar-refractivity contribution in [3.05, 3.63) is 98.4 Å². The molecule has 34 heavy (non-hydrogen) atoms. The van der Waals surface area contributed by atoms with Gasteiger partial charge in [0.15, 0.2) is 5.78 Å². The highest BCUT2D eigenvalue weighted by atomic mass is 16.6. The van der Waals surface area contributed by atoms with Crippen LogP contribution in [0.5, 0.6) is 0 Å². The van der Waals surface area contributed by atoms with Gasteiger partial charge in [-0.1, -0.05) is 42.5 Å². The van der Waals surface area contributed by atoms with Gasteiger partial charge in [0.2, 0.25) is 0 Å². The number of nitrogens with zero attached hydrogens (tertiary/aromatic N) is 1. The van der Waals surface area contributed by atoms with Gasteiger partial charge in [0.1, 0.15) is 6.61 Å². The fraction of sp³-hybridized carbons (Fsp3) is 0.308. The standard InChI is InChI=1S/C26H26N2O6/c1-16-23(26(30)34-13-12-33-2)24(18-8-10-20(11-9-18)28(31)32)25-21(27-16)14-19(15-22(25)29)17-6-4-3-5-7-17/h3-11,19,24,27H,12-15H2,1-2H3/t19-,24+/m0/s1. The number of nitro benzene ring substituents is 1. The molecule has 8 nitrogen and oxygen atoms in total. The van der Waals surface area contributed by atoms with Crippen LogP contribution >= 0.6 is 0 Å². The third kappa shape index (κ3) is 4.63. The van der Waals surface area contributed by atoms with Crippen molar-refractivity contribution >= 4 is 17.4 Å². The van der Waals surface area contributed by atoms with Crippen LogP contribution in [0.15, 0.2) is 77.1 Å². The molecule has 176 valence electrons. The van der Waals surface area contributed by atoms with Gasteiger partial charge in [-0.25, -0.2) is 4.79 Å². The molecule has 4 rings (SSSR count). The highest BCUT2D eigenvalue weighted by Gasteiger charge is 2.41. The van der Waals surface area contributed by atoms with E-state index in [-0.39, 0.29) is 30.6 Å². The Bertz CT molecular complexity index is 1170. The lowest BCUT2D eigenvalue weighted by molar-refractivity contribution is -0.384. The van der Waals surface area contributed by atoms with Crippen molar-refractivity contribution in [1.82, 2.24) is 5.32 Å². The Morgan fingerprint density at radius 1 is 1.06 bits per heavy atom. The zero-order valence-corrected chi connectivity index (χ0v) is 19.1. The molecule has 1 N–H and O–H groups in total. The molecule has 0 saturated heterocycles. The molecule has 2 atom stereocenters. The number of Topliss-reactive ketones (excluding diaryl/α,β-unsaturated/α-hetero) is 1. The number of allylic oxidation sites excluding steroid dienone is 3. The zero-order chi connectivity index (χ0) is 24.2. The molecule has 0 radical (unpaired) electrons. The number of nitrogens with one attached hydrogen (secondary N) is 1. The Kier molecular flexibility index (Phi) is 6.88. The smallest absolute Gasteiger partial charge is 0.336 e. The summed E-state index contributed by atoms with van der Waals surface area (Å²) in [6.07, 6.45) is 0.941. The first kappa shape index (κ1) is 23.4. The average Bonchev–Trinajstić information content (AvgIpc) is 2.83. The van der Waals surface area contributed by atoms with E-state index in [2.05, 4.69) is 5.32 Å². The minimum Gasteiger partial charge on any atom is -0.460 e. The molecule has 2 aliphatic rings. The number of esters is 1. The van der Waals surface area contributed by atoms with Crippen molar-refractivity contribution in [2.24, 2.45) is 0 Å². The molecule has 1 heterocycles. The maximum absolute atomic E-state index is 13.5. The molecule has 0 aromatic heterocycles. The highest BCUT2D eigenvalue weighted by Crippen LogP contribution is 2.45. The number of hydrogen-bond acceptors (Lipinski definition) is 7. The maximum Gasteiger partial charge on any atom is 0.336 e. The van der Waals surface area contributed by atoms with Crippen molar-refractivity contribution in [2.45, 2.75) is 31.6 Å². The van der Waals surface area contributed by atoms with Crippen LogP contribution in [-0.4, -0.2) is 37.0 Å². The van der Waals surface area contributed by atoms with E-state index in [0.717, 1.165) is 11.3 Å². The van der Waals surface area contributed by atoms with E-state index in [4.69, 9.17) is 9.47 Å². The molecule has 0 amide bonds. The average molecular weight is 463 g/mol. The summed E-state index contributed by atoms with van der Waals surface area (Å²) in [5, 5.41) is 14.4. The SMILES string of the molecule is COCCOC(=O)C1=C(C)NC2=C(C(=O)C[C@@H](c3ccccc3)C2)[C@@H]1c1ccc([N+](=O)[O-])cc1. The highest BCUT2D eigenvalue weighted by molar-refractivity contribution is 6.04. The quantitative estimate of drug-likeness (QED) is 0.285. The summed E-state index contributed by atoms with van der Waals surface area (Å²) in [6.45, 7) is 2.11. The number of nitro groups is 1. The van der Waals surface area contributed by atoms with Gasteiger partial charge in [0.05, 0.1) is 17.1 Å². The fourth-order valence-electron chi connectivity index (χ4n) is 4.69. The molecule has 0 fully saturated rings. The summed E-state index contributed by atoms with van der Waals surface area (Å²) in [5.41, 5.74) is 3.88. The van der Waals surface area contributed by atoms with E-state index in [1.54, 1.807) is 19.1 Å². The zero-order valence-electron chi connectivity index (χ0n) is 19.1. The Hall–Kier alpha value is -3.78. The molecular formula is C26H26N2O6. The Balaban J connectivity index is 1.76. The number of dihydropyridines is 1. The minimum atomic E-state index is -0.670. The number of non-ortho nitro benzene ring substituents is 1. The van der Waals surface area contributed by atoms with Crippen LogP contribution in [0.4, 0.5) is 5.69 Å². The molecule has 2 aromatic carbocycles. The molecule has 0 bridgehead atoms. The second kappa shape index (κ2) is 10.0. The number of carbonyl (C=O) groups is 2. The molecular weight excluding hydrogens is 436 g/mol. The van der Waals surface area contributed by atoms with Crippen LogP contribution in [0, 0.1) is 10.1 Å². The van der Waals surface area contributed by atoms with E-state index in [9.17, 15) is 19.7 Å². The number of methoxy groups -OCH3 is 1. The third-order valence-electron chi connectivity index (χ3n) is 6.28. The monoisotopic (exact) mass is 462 g/mol. The van der Waals surface area contributed by atoms with Gasteiger partial charge in [-0.05, 0) is 30.4 Å². The maximum atomic E-state index is 13.5. The van der Waals surface area contributed by atoms with E-state index in [1.165, 1.54) is 19.2 Å². The summed E-state index contributed by atoms with van der Waals surface area (Å²) in [5.74, 6) is -1.24.